The molecule has 2 aromatic carbocycles. The molecule has 0 aliphatic heterocycles. The Bertz CT molecular complexity index is 1390. The van der Waals surface area contributed by atoms with Crippen LogP contribution in [0.1, 0.15) is 12.5 Å². The fraction of sp³-hybridized carbons (Fsp3) is 0.136. The Morgan fingerprint density at radius 3 is 2.84 bits per heavy atom. The Morgan fingerprint density at radius 2 is 2.06 bits per heavy atom. The molecule has 1 amide bonds. The van der Waals surface area contributed by atoms with Crippen LogP contribution in [0.5, 0.6) is 5.75 Å². The monoisotopic (exact) mass is 451 g/mol. The van der Waals surface area contributed by atoms with Gasteiger partial charge in [0.25, 0.3) is 11.6 Å². The number of nitro benzene ring substituents is 1. The molecule has 32 heavy (non-hydrogen) atoms. The highest BCUT2D eigenvalue weighted by Crippen LogP contribution is 2.28. The van der Waals surface area contributed by atoms with Crippen LogP contribution in [0.4, 0.5) is 10.8 Å². The van der Waals surface area contributed by atoms with E-state index in [1.54, 1.807) is 42.6 Å². The lowest BCUT2D eigenvalue weighted by atomic mass is 10.1. The number of benzene rings is 2. The van der Waals surface area contributed by atoms with Crippen LogP contribution < -0.4 is 15.7 Å². The first kappa shape index (κ1) is 21.2. The predicted molar refractivity (Wildman–Crippen MR) is 120 cm³/mol. The summed E-state index contributed by atoms with van der Waals surface area (Å²) >= 11 is 1.20. The van der Waals surface area contributed by atoms with Gasteiger partial charge < -0.3 is 9.15 Å². The van der Waals surface area contributed by atoms with E-state index in [1.165, 1.54) is 29.5 Å². The second-order valence-corrected chi connectivity index (χ2v) is 7.86. The van der Waals surface area contributed by atoms with Crippen molar-refractivity contribution < 1.29 is 18.9 Å². The van der Waals surface area contributed by atoms with Gasteiger partial charge in [0.05, 0.1) is 10.6 Å². The van der Waals surface area contributed by atoms with Crippen LogP contribution in [0.15, 0.2) is 63.1 Å². The molecule has 10 heteroatoms. The van der Waals surface area contributed by atoms with Gasteiger partial charge in [0, 0.05) is 40.6 Å². The van der Waals surface area contributed by atoms with Crippen LogP contribution in [0, 0.1) is 17.0 Å². The molecule has 0 fully saturated rings. The Hall–Kier alpha value is -4.05. The number of amides is 1. The summed E-state index contributed by atoms with van der Waals surface area (Å²) in [5, 5.41) is 16.5. The van der Waals surface area contributed by atoms with Crippen molar-refractivity contribution in [2.24, 2.45) is 0 Å². The van der Waals surface area contributed by atoms with E-state index in [1.807, 2.05) is 6.92 Å². The summed E-state index contributed by atoms with van der Waals surface area (Å²) in [6.07, 6.45) is -0.853. The average Bonchev–Trinajstić information content (AvgIpc) is 3.22. The third kappa shape index (κ3) is 4.49. The van der Waals surface area contributed by atoms with Crippen molar-refractivity contribution in [2.75, 3.05) is 5.32 Å². The number of hydrogen-bond acceptors (Lipinski definition) is 8. The zero-order valence-corrected chi connectivity index (χ0v) is 17.8. The van der Waals surface area contributed by atoms with E-state index < -0.39 is 22.6 Å². The molecule has 1 unspecified atom stereocenters. The average molecular weight is 451 g/mol. The van der Waals surface area contributed by atoms with Gasteiger partial charge in [0.2, 0.25) is 0 Å². The number of aryl methyl sites for hydroxylation is 1. The van der Waals surface area contributed by atoms with Crippen LogP contribution in [-0.2, 0) is 4.79 Å². The number of fused-ring (bicyclic) bond motifs is 1. The normalized spacial score (nSPS) is 11.8. The van der Waals surface area contributed by atoms with Crippen LogP contribution in [0.25, 0.3) is 22.2 Å². The lowest BCUT2D eigenvalue weighted by molar-refractivity contribution is -0.384. The van der Waals surface area contributed by atoms with Gasteiger partial charge in [-0.25, -0.2) is 9.78 Å². The number of hydrogen-bond donors (Lipinski definition) is 1. The number of nitro groups is 1. The number of rotatable bonds is 6. The minimum atomic E-state index is -0.853. The maximum absolute atomic E-state index is 12.5. The van der Waals surface area contributed by atoms with Crippen molar-refractivity contribution in [3.8, 4) is 17.0 Å². The third-order valence-corrected chi connectivity index (χ3v) is 5.45. The lowest BCUT2D eigenvalue weighted by Gasteiger charge is -2.14. The molecule has 0 bridgehead atoms. The lowest BCUT2D eigenvalue weighted by Crippen LogP contribution is -2.30. The first-order valence-corrected chi connectivity index (χ1v) is 10.4. The molecule has 2 aromatic heterocycles. The van der Waals surface area contributed by atoms with Gasteiger partial charge in [0.15, 0.2) is 11.2 Å². The largest absolute Gasteiger partial charge is 0.481 e. The second kappa shape index (κ2) is 8.60. The smallest absolute Gasteiger partial charge is 0.336 e. The number of aromatic nitrogens is 1. The number of ether oxygens (including phenoxy) is 1. The van der Waals surface area contributed by atoms with Crippen LogP contribution in [0.3, 0.4) is 0 Å². The molecule has 9 nitrogen and oxygen atoms in total. The third-order valence-electron chi connectivity index (χ3n) is 4.69. The number of carbonyl (C=O) groups excluding carboxylic acids is 1. The fourth-order valence-corrected chi connectivity index (χ4v) is 3.81. The number of carbonyl (C=O) groups is 1. The molecule has 0 radical (unpaired) electrons. The molecule has 2 heterocycles. The number of thiazole rings is 1. The van der Waals surface area contributed by atoms with E-state index in [0.717, 1.165) is 10.9 Å². The van der Waals surface area contributed by atoms with Gasteiger partial charge in [-0.15, -0.1) is 11.3 Å². The van der Waals surface area contributed by atoms with E-state index in [-0.39, 0.29) is 5.69 Å². The number of non-ortho nitro benzene ring substituents is 1. The second-order valence-electron chi connectivity index (χ2n) is 7.00. The van der Waals surface area contributed by atoms with E-state index in [9.17, 15) is 19.7 Å². The van der Waals surface area contributed by atoms with E-state index >= 15 is 0 Å². The molecule has 0 saturated carbocycles. The molecule has 0 saturated heterocycles. The standard InChI is InChI=1S/C22H17N3O6S/c1-12-8-20(26)31-19-10-16(6-7-17(12)19)30-13(2)21(27)24-22-23-18(11-32-22)14-4-3-5-15(9-14)25(28)29/h3-11,13H,1-2H3,(H,23,24,27). The van der Waals surface area contributed by atoms with Gasteiger partial charge in [0.1, 0.15) is 11.3 Å². The minimum absolute atomic E-state index is 0.0375. The molecule has 0 aliphatic rings. The van der Waals surface area contributed by atoms with Gasteiger partial charge in [-0.3, -0.25) is 20.2 Å². The number of anilines is 1. The molecular formula is C22H17N3O6S. The number of nitrogens with zero attached hydrogens (tertiary/aromatic N) is 2. The van der Waals surface area contributed by atoms with Crippen molar-refractivity contribution in [1.82, 2.24) is 4.98 Å². The highest BCUT2D eigenvalue weighted by Gasteiger charge is 2.18. The van der Waals surface area contributed by atoms with Crippen molar-refractivity contribution in [2.45, 2.75) is 20.0 Å². The highest BCUT2D eigenvalue weighted by molar-refractivity contribution is 7.14. The summed E-state index contributed by atoms with van der Waals surface area (Å²) in [6.45, 7) is 3.40. The summed E-state index contributed by atoms with van der Waals surface area (Å²) in [6, 6.07) is 12.5. The van der Waals surface area contributed by atoms with Crippen molar-refractivity contribution >= 4 is 39.0 Å². The molecule has 4 rings (SSSR count). The Balaban J connectivity index is 1.45. The van der Waals surface area contributed by atoms with Gasteiger partial charge in [-0.1, -0.05) is 12.1 Å². The Labute approximate surface area is 185 Å². The van der Waals surface area contributed by atoms with Crippen LogP contribution in [0.2, 0.25) is 0 Å². The fourth-order valence-electron chi connectivity index (χ4n) is 3.09. The van der Waals surface area contributed by atoms with Crippen LogP contribution >= 0.6 is 11.3 Å². The number of nitrogens with one attached hydrogen (secondary N) is 1. The van der Waals surface area contributed by atoms with E-state index in [4.69, 9.17) is 9.15 Å². The molecule has 0 aliphatic carbocycles. The van der Waals surface area contributed by atoms with Gasteiger partial charge in [-0.05, 0) is 31.5 Å². The van der Waals surface area contributed by atoms with Crippen molar-refractivity contribution in [3.05, 3.63) is 80.0 Å². The zero-order chi connectivity index (χ0) is 22.8. The first-order chi connectivity index (χ1) is 15.3. The van der Waals surface area contributed by atoms with Crippen molar-refractivity contribution in [3.63, 3.8) is 0 Å². The Morgan fingerprint density at radius 1 is 1.25 bits per heavy atom. The highest BCUT2D eigenvalue weighted by atomic mass is 32.1. The maximum Gasteiger partial charge on any atom is 0.336 e. The van der Waals surface area contributed by atoms with Gasteiger partial charge in [-0.2, -0.15) is 0 Å². The molecule has 1 atom stereocenters. The first-order valence-electron chi connectivity index (χ1n) is 9.52. The quantitative estimate of drug-likeness (QED) is 0.259. The molecular weight excluding hydrogens is 434 g/mol. The maximum atomic E-state index is 12.5. The SMILES string of the molecule is Cc1cc(=O)oc2cc(OC(C)C(=O)Nc3nc(-c4cccc([N+](=O)[O-])c4)cs3)ccc12. The Kier molecular flexibility index (Phi) is 5.69. The summed E-state index contributed by atoms with van der Waals surface area (Å²) < 4.78 is 10.9. The van der Waals surface area contributed by atoms with E-state index in [2.05, 4.69) is 10.3 Å². The summed E-state index contributed by atoms with van der Waals surface area (Å²) in [7, 11) is 0. The summed E-state index contributed by atoms with van der Waals surface area (Å²) in [5.74, 6) is -0.0407. The molecule has 162 valence electrons. The summed E-state index contributed by atoms with van der Waals surface area (Å²) in [4.78, 5) is 39.0. The minimum Gasteiger partial charge on any atom is -0.481 e. The predicted octanol–water partition coefficient (Wildman–Crippen LogP) is 4.54. The zero-order valence-electron chi connectivity index (χ0n) is 17.0. The molecule has 0 spiro atoms. The van der Waals surface area contributed by atoms with Crippen LogP contribution in [-0.4, -0.2) is 21.9 Å². The molecule has 1 N–H and O–H groups in total. The van der Waals surface area contributed by atoms with E-state index in [0.29, 0.717) is 27.7 Å². The molecule has 4 aromatic rings. The van der Waals surface area contributed by atoms with Crippen molar-refractivity contribution in [1.29, 1.82) is 0 Å². The topological polar surface area (TPSA) is 125 Å². The summed E-state index contributed by atoms with van der Waals surface area (Å²) in [5.41, 5.74) is 1.76. The van der Waals surface area contributed by atoms with Gasteiger partial charge >= 0.3 is 5.63 Å².